The summed E-state index contributed by atoms with van der Waals surface area (Å²) >= 11 is 7.88. The number of carbonyl (C=O) groups is 1. The van der Waals surface area contributed by atoms with Gasteiger partial charge < -0.3 is 10.2 Å². The summed E-state index contributed by atoms with van der Waals surface area (Å²) in [5.74, 6) is -0.632. The van der Waals surface area contributed by atoms with Crippen molar-refractivity contribution >= 4 is 44.6 Å². The molecule has 0 aliphatic carbocycles. The van der Waals surface area contributed by atoms with E-state index in [2.05, 4.69) is 80.3 Å². The first kappa shape index (κ1) is 35.3. The third-order valence-electron chi connectivity index (χ3n) is 9.46. The number of anilines is 1. The van der Waals surface area contributed by atoms with E-state index in [1.807, 2.05) is 29.2 Å². The van der Waals surface area contributed by atoms with Crippen molar-refractivity contribution in [1.82, 2.24) is 19.8 Å². The minimum Gasteiger partial charge on any atom is -0.369 e. The van der Waals surface area contributed by atoms with Gasteiger partial charge in [-0.25, -0.2) is 13.1 Å². The van der Waals surface area contributed by atoms with Crippen LogP contribution in [-0.4, -0.2) is 81.4 Å². The highest BCUT2D eigenvalue weighted by Crippen LogP contribution is 2.27. The molecule has 1 amide bonds. The monoisotopic (exact) mass is 717 g/mol. The second kappa shape index (κ2) is 16.5. The van der Waals surface area contributed by atoms with E-state index in [1.165, 1.54) is 22.1 Å². The minimum atomic E-state index is -4.00. The van der Waals surface area contributed by atoms with Gasteiger partial charge in [-0.15, -0.1) is 17.9 Å². The van der Waals surface area contributed by atoms with E-state index in [4.69, 9.17) is 11.6 Å². The Labute approximate surface area is 299 Å². The van der Waals surface area contributed by atoms with Gasteiger partial charge in [-0.3, -0.25) is 14.6 Å². The molecule has 2 aliphatic rings. The summed E-state index contributed by atoms with van der Waals surface area (Å²) in [5.41, 5.74) is 4.97. The van der Waals surface area contributed by atoms with E-state index in [9.17, 15) is 13.2 Å². The van der Waals surface area contributed by atoms with Crippen LogP contribution in [0.15, 0.2) is 103 Å². The van der Waals surface area contributed by atoms with Crippen LogP contribution in [0.2, 0.25) is 5.02 Å². The van der Waals surface area contributed by atoms with E-state index in [1.54, 1.807) is 23.5 Å². The molecule has 2 N–H and O–H groups in total. The van der Waals surface area contributed by atoms with E-state index >= 15 is 0 Å². The summed E-state index contributed by atoms with van der Waals surface area (Å²) in [6.45, 7) is 10.3. The molecule has 1 atom stereocenters. The molecular formula is C38H44ClN5O3S2. The van der Waals surface area contributed by atoms with E-state index in [0.29, 0.717) is 24.7 Å². The molecule has 8 nitrogen and oxygen atoms in total. The minimum absolute atomic E-state index is 0.307. The molecule has 1 aromatic heterocycles. The van der Waals surface area contributed by atoms with Crippen molar-refractivity contribution in [2.45, 2.75) is 37.2 Å². The number of hydrogen-bond acceptors (Lipinski definition) is 8. The maximum atomic E-state index is 13.3. The zero-order valence-electron chi connectivity index (χ0n) is 27.6. The van der Waals surface area contributed by atoms with Crippen LogP contribution in [0.5, 0.6) is 0 Å². The first-order valence-corrected chi connectivity index (χ1v) is 19.7. The lowest BCUT2D eigenvalue weighted by Crippen LogP contribution is -2.52. The van der Waals surface area contributed by atoms with Gasteiger partial charge in [0, 0.05) is 79.6 Å². The first-order chi connectivity index (χ1) is 23.8. The standard InChI is InChI=1S/C38H44ClN5O3S2/c1-2-37(44-21-18-33(19-22-44)40-20-17-35-7-5-27-48-35)49(46,47)41-38(45)30-11-15-34(16-12-30)43-25-23-42(24-26-43)28-31-6-3-4-8-36(31)29-9-13-32(39)14-10-29/h2-16,27,33,37,40H,1,17-26,28H2,(H,41,45). The van der Waals surface area contributed by atoms with Gasteiger partial charge in [-0.1, -0.05) is 60.1 Å². The normalized spacial score (nSPS) is 17.1. The smallest absolute Gasteiger partial charge is 0.264 e. The zero-order valence-corrected chi connectivity index (χ0v) is 30.0. The summed E-state index contributed by atoms with van der Waals surface area (Å²) in [6, 6.07) is 28.2. The molecule has 4 aromatic rings. The van der Waals surface area contributed by atoms with Gasteiger partial charge in [0.05, 0.1) is 0 Å². The SMILES string of the molecule is C=CC(N1CCC(NCCc2cccs2)CC1)S(=O)(=O)NC(=O)c1ccc(N2CCN(Cc3ccccc3-c3ccc(Cl)cc3)CC2)cc1. The number of carbonyl (C=O) groups excluding carboxylic acids is 1. The van der Waals surface area contributed by atoms with Crippen molar-refractivity contribution in [3.8, 4) is 11.1 Å². The van der Waals surface area contributed by atoms with Crippen molar-refractivity contribution in [2.24, 2.45) is 0 Å². The third-order valence-corrected chi connectivity index (χ3v) is 12.2. The quantitative estimate of drug-likeness (QED) is 0.158. The fraction of sp³-hybridized carbons (Fsp3) is 0.342. The maximum absolute atomic E-state index is 13.3. The number of hydrogen-bond donors (Lipinski definition) is 2. The van der Waals surface area contributed by atoms with Crippen LogP contribution < -0.4 is 14.9 Å². The molecule has 258 valence electrons. The van der Waals surface area contributed by atoms with Crippen molar-refractivity contribution in [3.63, 3.8) is 0 Å². The number of piperidine rings is 1. The molecule has 0 radical (unpaired) electrons. The average Bonchev–Trinajstić information content (AvgIpc) is 3.64. The van der Waals surface area contributed by atoms with Gasteiger partial charge >= 0.3 is 0 Å². The van der Waals surface area contributed by atoms with Crippen molar-refractivity contribution in [3.05, 3.63) is 124 Å². The Hall–Kier alpha value is -3.51. The Bertz CT molecular complexity index is 1780. The van der Waals surface area contributed by atoms with Crippen LogP contribution in [0.4, 0.5) is 5.69 Å². The van der Waals surface area contributed by atoms with Crippen LogP contribution in [0.25, 0.3) is 11.1 Å². The summed E-state index contributed by atoms with van der Waals surface area (Å²) < 4.78 is 29.0. The second-order valence-electron chi connectivity index (χ2n) is 12.7. The van der Waals surface area contributed by atoms with Crippen LogP contribution in [0, 0.1) is 0 Å². The number of halogens is 1. The highest BCUT2D eigenvalue weighted by atomic mass is 35.5. The van der Waals surface area contributed by atoms with E-state index in [0.717, 1.165) is 74.8 Å². The molecule has 2 aliphatic heterocycles. The number of likely N-dealkylation sites (tertiary alicyclic amines) is 1. The van der Waals surface area contributed by atoms with Crippen LogP contribution in [0.1, 0.15) is 33.6 Å². The molecule has 11 heteroatoms. The maximum Gasteiger partial charge on any atom is 0.264 e. The van der Waals surface area contributed by atoms with Gasteiger partial charge in [0.1, 0.15) is 0 Å². The van der Waals surface area contributed by atoms with Crippen molar-refractivity contribution < 1.29 is 13.2 Å². The largest absolute Gasteiger partial charge is 0.369 e. The van der Waals surface area contributed by atoms with Gasteiger partial charge in [0.15, 0.2) is 5.37 Å². The highest BCUT2D eigenvalue weighted by Gasteiger charge is 2.33. The van der Waals surface area contributed by atoms with Gasteiger partial charge in [0.2, 0.25) is 0 Å². The molecule has 3 heterocycles. The molecule has 6 rings (SSSR count). The predicted octanol–water partition coefficient (Wildman–Crippen LogP) is 6.26. The fourth-order valence-corrected chi connectivity index (χ4v) is 8.92. The Morgan fingerprint density at radius 3 is 2.31 bits per heavy atom. The van der Waals surface area contributed by atoms with Gasteiger partial charge in [-0.2, -0.15) is 0 Å². The lowest BCUT2D eigenvalue weighted by atomic mass is 9.99. The van der Waals surface area contributed by atoms with Gasteiger partial charge in [-0.05, 0) is 83.8 Å². The third kappa shape index (κ3) is 9.19. The Balaban J connectivity index is 0.975. The molecule has 0 spiro atoms. The highest BCUT2D eigenvalue weighted by molar-refractivity contribution is 7.90. The van der Waals surface area contributed by atoms with Crippen LogP contribution in [-0.2, 0) is 23.0 Å². The van der Waals surface area contributed by atoms with Gasteiger partial charge in [0.25, 0.3) is 15.9 Å². The molecule has 2 saturated heterocycles. The number of thiophene rings is 1. The average molecular weight is 718 g/mol. The number of rotatable bonds is 13. The molecule has 3 aromatic carbocycles. The predicted molar refractivity (Wildman–Crippen MR) is 202 cm³/mol. The molecule has 2 fully saturated rings. The number of nitrogens with one attached hydrogen (secondary N) is 2. The number of nitrogens with zero attached hydrogens (tertiary/aromatic N) is 3. The Morgan fingerprint density at radius 2 is 1.63 bits per heavy atom. The molecule has 0 saturated carbocycles. The zero-order chi connectivity index (χ0) is 34.2. The fourth-order valence-electron chi connectivity index (χ4n) is 6.73. The topological polar surface area (TPSA) is 85.0 Å². The van der Waals surface area contributed by atoms with Crippen LogP contribution in [0.3, 0.4) is 0 Å². The van der Waals surface area contributed by atoms with E-state index in [-0.39, 0.29) is 0 Å². The molecule has 49 heavy (non-hydrogen) atoms. The molecule has 0 bridgehead atoms. The van der Waals surface area contributed by atoms with Crippen LogP contribution >= 0.6 is 22.9 Å². The lowest BCUT2D eigenvalue weighted by Gasteiger charge is -2.36. The second-order valence-corrected chi connectivity index (χ2v) is 15.9. The summed E-state index contributed by atoms with van der Waals surface area (Å²) in [6.07, 6.45) is 4.08. The Kier molecular flexibility index (Phi) is 11.9. The van der Waals surface area contributed by atoms with Crippen molar-refractivity contribution in [2.75, 3.05) is 50.7 Å². The number of sulfonamides is 1. The Morgan fingerprint density at radius 1 is 0.918 bits per heavy atom. The number of piperazine rings is 1. The summed E-state index contributed by atoms with van der Waals surface area (Å²) in [4.78, 5) is 21.1. The lowest BCUT2D eigenvalue weighted by molar-refractivity contribution is 0.0979. The van der Waals surface area contributed by atoms with E-state index < -0.39 is 21.3 Å². The first-order valence-electron chi connectivity index (χ1n) is 16.9. The molecular weight excluding hydrogens is 674 g/mol. The summed E-state index contributed by atoms with van der Waals surface area (Å²) in [5, 5.41) is 5.45. The summed E-state index contributed by atoms with van der Waals surface area (Å²) in [7, 11) is -4.00. The van der Waals surface area contributed by atoms with Crippen molar-refractivity contribution in [1.29, 1.82) is 0 Å². The number of benzene rings is 3. The number of amides is 1. The molecule has 1 unspecified atom stereocenters.